The molecular formula is C17H30N2O. The first kappa shape index (κ1) is 18.6. The molecule has 0 radical (unpaired) electrons. The molecule has 114 valence electrons. The Hall–Kier alpha value is -1.38. The van der Waals surface area contributed by atoms with Crippen LogP contribution in [0.1, 0.15) is 81.8 Å². The van der Waals surface area contributed by atoms with Crippen molar-refractivity contribution in [2.24, 2.45) is 0 Å². The van der Waals surface area contributed by atoms with Crippen molar-refractivity contribution in [1.82, 2.24) is 10.3 Å². The number of nitrogens with one attached hydrogen (secondary N) is 1. The maximum atomic E-state index is 11.2. The fraction of sp³-hybridized carbons (Fsp3) is 0.647. The lowest BCUT2D eigenvalue weighted by Gasteiger charge is -2.09. The summed E-state index contributed by atoms with van der Waals surface area (Å²) >= 11 is 0. The van der Waals surface area contributed by atoms with Gasteiger partial charge in [0.1, 0.15) is 5.69 Å². The van der Waals surface area contributed by atoms with Crippen molar-refractivity contribution in [3.8, 4) is 0 Å². The van der Waals surface area contributed by atoms with Gasteiger partial charge in [0.15, 0.2) is 0 Å². The molecule has 0 spiro atoms. The van der Waals surface area contributed by atoms with Crippen LogP contribution in [-0.4, -0.2) is 17.9 Å². The van der Waals surface area contributed by atoms with E-state index >= 15 is 0 Å². The van der Waals surface area contributed by atoms with Crippen molar-refractivity contribution in [2.45, 2.75) is 65.7 Å². The SMILES string of the molecule is CCCC(C)c1ccc(C(=O)NC)nc1.CCCCC. The summed E-state index contributed by atoms with van der Waals surface area (Å²) in [5, 5.41) is 2.55. The molecular weight excluding hydrogens is 248 g/mol. The van der Waals surface area contributed by atoms with Gasteiger partial charge in [-0.25, -0.2) is 0 Å². The molecule has 0 fully saturated rings. The maximum absolute atomic E-state index is 11.2. The number of carbonyl (C=O) groups excluding carboxylic acids is 1. The Morgan fingerprint density at radius 1 is 1.20 bits per heavy atom. The van der Waals surface area contributed by atoms with E-state index < -0.39 is 0 Å². The van der Waals surface area contributed by atoms with Crippen molar-refractivity contribution >= 4 is 5.91 Å². The van der Waals surface area contributed by atoms with E-state index in [0.29, 0.717) is 11.6 Å². The Labute approximate surface area is 124 Å². The lowest BCUT2D eigenvalue weighted by atomic mass is 9.98. The summed E-state index contributed by atoms with van der Waals surface area (Å²) in [6, 6.07) is 3.76. The van der Waals surface area contributed by atoms with Crippen LogP contribution in [0, 0.1) is 0 Å². The van der Waals surface area contributed by atoms with Gasteiger partial charge in [-0.3, -0.25) is 9.78 Å². The molecule has 1 aromatic rings. The highest BCUT2D eigenvalue weighted by Crippen LogP contribution is 2.19. The standard InChI is InChI=1S/C12H18N2O.C5H12/c1-4-5-9(2)10-6-7-11(14-8-10)12(15)13-3;1-3-5-4-2/h6-9H,4-5H2,1-3H3,(H,13,15);3-5H2,1-2H3. The van der Waals surface area contributed by atoms with Gasteiger partial charge in [0, 0.05) is 13.2 Å². The van der Waals surface area contributed by atoms with Crippen molar-refractivity contribution in [3.05, 3.63) is 29.6 Å². The van der Waals surface area contributed by atoms with E-state index in [4.69, 9.17) is 0 Å². The Morgan fingerprint density at radius 3 is 2.20 bits per heavy atom. The number of carbonyl (C=O) groups is 1. The topological polar surface area (TPSA) is 42.0 Å². The first-order valence-corrected chi connectivity index (χ1v) is 7.78. The minimum atomic E-state index is -0.135. The van der Waals surface area contributed by atoms with Crippen LogP contribution in [0.3, 0.4) is 0 Å². The normalized spacial score (nSPS) is 11.2. The quantitative estimate of drug-likeness (QED) is 0.830. The highest BCUT2D eigenvalue weighted by atomic mass is 16.1. The molecule has 1 N–H and O–H groups in total. The lowest BCUT2D eigenvalue weighted by Crippen LogP contribution is -2.19. The first-order chi connectivity index (χ1) is 9.60. The minimum Gasteiger partial charge on any atom is -0.354 e. The van der Waals surface area contributed by atoms with Crippen LogP contribution >= 0.6 is 0 Å². The van der Waals surface area contributed by atoms with E-state index in [1.165, 1.54) is 31.2 Å². The molecule has 0 bridgehead atoms. The molecule has 1 heterocycles. The predicted molar refractivity (Wildman–Crippen MR) is 86.1 cm³/mol. The molecule has 3 nitrogen and oxygen atoms in total. The maximum Gasteiger partial charge on any atom is 0.269 e. The molecule has 1 amide bonds. The minimum absolute atomic E-state index is 0.135. The van der Waals surface area contributed by atoms with Crippen molar-refractivity contribution in [3.63, 3.8) is 0 Å². The third-order valence-corrected chi connectivity index (χ3v) is 3.24. The molecule has 0 aliphatic heterocycles. The second-order valence-corrected chi connectivity index (χ2v) is 5.10. The molecule has 1 atom stereocenters. The summed E-state index contributed by atoms with van der Waals surface area (Å²) < 4.78 is 0. The van der Waals surface area contributed by atoms with E-state index in [1.807, 2.05) is 6.07 Å². The van der Waals surface area contributed by atoms with Gasteiger partial charge in [-0.05, 0) is 24.0 Å². The summed E-state index contributed by atoms with van der Waals surface area (Å²) in [4.78, 5) is 15.4. The molecule has 0 saturated heterocycles. The molecule has 20 heavy (non-hydrogen) atoms. The first-order valence-electron chi connectivity index (χ1n) is 7.78. The van der Waals surface area contributed by atoms with Gasteiger partial charge in [-0.15, -0.1) is 0 Å². The summed E-state index contributed by atoms with van der Waals surface area (Å²) in [5.41, 5.74) is 1.68. The number of pyridine rings is 1. The van der Waals surface area contributed by atoms with Gasteiger partial charge < -0.3 is 5.32 Å². The second kappa shape index (κ2) is 11.4. The van der Waals surface area contributed by atoms with E-state index in [9.17, 15) is 4.79 Å². The molecule has 0 aromatic carbocycles. The van der Waals surface area contributed by atoms with Gasteiger partial charge >= 0.3 is 0 Å². The van der Waals surface area contributed by atoms with Gasteiger partial charge in [0.05, 0.1) is 0 Å². The van der Waals surface area contributed by atoms with E-state index in [2.05, 4.69) is 38.0 Å². The van der Waals surface area contributed by atoms with Crippen LogP contribution < -0.4 is 5.32 Å². The summed E-state index contributed by atoms with van der Waals surface area (Å²) in [7, 11) is 1.61. The van der Waals surface area contributed by atoms with Crippen LogP contribution in [0.15, 0.2) is 18.3 Å². The predicted octanol–water partition coefficient (Wildman–Crippen LogP) is 4.54. The lowest BCUT2D eigenvalue weighted by molar-refractivity contribution is 0.0958. The summed E-state index contributed by atoms with van der Waals surface area (Å²) in [5.74, 6) is 0.380. The molecule has 0 saturated carbocycles. The molecule has 1 aromatic heterocycles. The van der Waals surface area contributed by atoms with Crippen LogP contribution in [0.5, 0.6) is 0 Å². The van der Waals surface area contributed by atoms with E-state index in [-0.39, 0.29) is 5.91 Å². The zero-order chi connectivity index (χ0) is 15.4. The Morgan fingerprint density at radius 2 is 1.85 bits per heavy atom. The van der Waals surface area contributed by atoms with E-state index in [1.54, 1.807) is 19.3 Å². The van der Waals surface area contributed by atoms with Crippen LogP contribution in [0.4, 0.5) is 0 Å². The number of rotatable bonds is 6. The average Bonchev–Trinajstić information content (AvgIpc) is 2.48. The van der Waals surface area contributed by atoms with Gasteiger partial charge in [0.2, 0.25) is 0 Å². The Balaban J connectivity index is 0.000000621. The number of unbranched alkanes of at least 4 members (excludes halogenated alkanes) is 2. The number of hydrogen-bond acceptors (Lipinski definition) is 2. The number of amides is 1. The van der Waals surface area contributed by atoms with Gasteiger partial charge in [-0.2, -0.15) is 0 Å². The molecule has 0 aliphatic rings. The molecule has 1 rings (SSSR count). The van der Waals surface area contributed by atoms with Gasteiger partial charge in [0.25, 0.3) is 5.91 Å². The molecule has 1 unspecified atom stereocenters. The van der Waals surface area contributed by atoms with E-state index in [0.717, 1.165) is 6.42 Å². The largest absolute Gasteiger partial charge is 0.354 e. The fourth-order valence-electron chi connectivity index (χ4n) is 1.91. The monoisotopic (exact) mass is 278 g/mol. The molecule has 0 aliphatic carbocycles. The highest BCUT2D eigenvalue weighted by Gasteiger charge is 2.07. The van der Waals surface area contributed by atoms with Crippen molar-refractivity contribution in [2.75, 3.05) is 7.05 Å². The third-order valence-electron chi connectivity index (χ3n) is 3.24. The fourth-order valence-corrected chi connectivity index (χ4v) is 1.91. The summed E-state index contributed by atoms with van der Waals surface area (Å²) in [6.45, 7) is 8.77. The van der Waals surface area contributed by atoms with Crippen LogP contribution in [-0.2, 0) is 0 Å². The van der Waals surface area contributed by atoms with Crippen molar-refractivity contribution in [1.29, 1.82) is 0 Å². The van der Waals surface area contributed by atoms with Crippen LogP contribution in [0.2, 0.25) is 0 Å². The van der Waals surface area contributed by atoms with Gasteiger partial charge in [-0.1, -0.05) is 59.4 Å². The number of nitrogens with zero attached hydrogens (tertiary/aromatic N) is 1. The Bertz CT molecular complexity index is 358. The third kappa shape index (κ3) is 7.27. The highest BCUT2D eigenvalue weighted by molar-refractivity contribution is 5.91. The zero-order valence-corrected chi connectivity index (χ0v) is 13.7. The van der Waals surface area contributed by atoms with Crippen LogP contribution in [0.25, 0.3) is 0 Å². The molecule has 3 heteroatoms. The second-order valence-electron chi connectivity index (χ2n) is 5.10. The smallest absolute Gasteiger partial charge is 0.269 e. The number of aromatic nitrogens is 1. The van der Waals surface area contributed by atoms with Crippen molar-refractivity contribution < 1.29 is 4.79 Å². The average molecular weight is 278 g/mol. The zero-order valence-electron chi connectivity index (χ0n) is 13.7. The number of hydrogen-bond donors (Lipinski definition) is 1. The summed E-state index contributed by atoms with van der Waals surface area (Å²) in [6.07, 6.45) is 8.19. The Kier molecular flexibility index (Phi) is 10.7.